The lowest BCUT2D eigenvalue weighted by atomic mass is 9.96. The minimum Gasteiger partial charge on any atom is -0.619 e. The number of rotatable bonds is 3. The Morgan fingerprint density at radius 2 is 2.32 bits per heavy atom. The van der Waals surface area contributed by atoms with Crippen molar-refractivity contribution in [2.24, 2.45) is 5.92 Å². The fraction of sp³-hybridized carbons (Fsp3) is 0.600. The minimum absolute atomic E-state index is 0.0117. The van der Waals surface area contributed by atoms with Crippen molar-refractivity contribution in [3.8, 4) is 0 Å². The Morgan fingerprint density at radius 1 is 1.47 bits per heavy atom. The normalized spacial score (nSPS) is 20.1. The largest absolute Gasteiger partial charge is 0.619 e. The quantitative estimate of drug-likeness (QED) is 0.620. The summed E-state index contributed by atoms with van der Waals surface area (Å²) in [5, 5.41) is 11.2. The van der Waals surface area contributed by atoms with Crippen molar-refractivity contribution in [3.05, 3.63) is 35.3 Å². The average molecular weight is 262 g/mol. The fourth-order valence-electron chi connectivity index (χ4n) is 2.83. The number of hydrogen-bond donors (Lipinski definition) is 0. The molecule has 4 heteroatoms. The molecule has 0 N–H and O–H groups in total. The number of carbonyl (C=O) groups is 1. The number of hydrogen-bond acceptors (Lipinski definition) is 2. The van der Waals surface area contributed by atoms with E-state index in [1.165, 1.54) is 31.7 Å². The second-order valence-corrected chi connectivity index (χ2v) is 5.33. The van der Waals surface area contributed by atoms with E-state index in [2.05, 4.69) is 6.92 Å². The topological polar surface area (TPSA) is 47.2 Å². The number of nitrogens with zero attached hydrogens (tertiary/aromatic N) is 2. The van der Waals surface area contributed by atoms with Crippen molar-refractivity contribution < 1.29 is 9.52 Å². The van der Waals surface area contributed by atoms with Crippen LogP contribution in [0.3, 0.4) is 0 Å². The summed E-state index contributed by atoms with van der Waals surface area (Å²) < 4.78 is 0.685. The van der Waals surface area contributed by atoms with Crippen LogP contribution in [-0.2, 0) is 0 Å². The zero-order valence-electron chi connectivity index (χ0n) is 11.5. The number of aromatic nitrogens is 1. The zero-order valence-corrected chi connectivity index (χ0v) is 11.5. The van der Waals surface area contributed by atoms with Crippen molar-refractivity contribution in [1.29, 1.82) is 0 Å². The molecule has 1 atom stereocenters. The Morgan fingerprint density at radius 3 is 3.05 bits per heavy atom. The first-order chi connectivity index (χ1) is 9.20. The molecule has 0 spiro atoms. The number of likely N-dealkylation sites (tertiary alicyclic amines) is 1. The molecule has 104 valence electrons. The minimum atomic E-state index is -0.0117. The molecule has 1 aliphatic heterocycles. The molecule has 1 fully saturated rings. The van der Waals surface area contributed by atoms with E-state index in [1.54, 1.807) is 12.1 Å². The van der Waals surface area contributed by atoms with E-state index in [-0.39, 0.29) is 5.91 Å². The molecule has 0 saturated carbocycles. The van der Waals surface area contributed by atoms with Crippen LogP contribution in [0.5, 0.6) is 0 Å². The van der Waals surface area contributed by atoms with E-state index >= 15 is 0 Å². The van der Waals surface area contributed by atoms with Gasteiger partial charge in [-0.05, 0) is 31.2 Å². The molecule has 2 rings (SSSR count). The first-order valence-electron chi connectivity index (χ1n) is 7.19. The fourth-order valence-corrected chi connectivity index (χ4v) is 2.83. The molecule has 1 aromatic rings. The summed E-state index contributed by atoms with van der Waals surface area (Å²) in [6, 6.07) is 3.34. The molecule has 19 heavy (non-hydrogen) atoms. The highest BCUT2D eigenvalue weighted by Crippen LogP contribution is 2.22. The number of amides is 1. The van der Waals surface area contributed by atoms with Crippen LogP contribution in [0.15, 0.2) is 24.5 Å². The van der Waals surface area contributed by atoms with Crippen molar-refractivity contribution in [2.75, 3.05) is 13.1 Å². The van der Waals surface area contributed by atoms with Gasteiger partial charge in [0.25, 0.3) is 5.91 Å². The SMILES string of the molecule is CCC[C@H]1CCCN(C(=O)c2ccc[n+]([O-])c2)CC1. The standard InChI is InChI=1S/C15H22N2O2/c1-2-5-13-6-3-9-16(11-8-13)15(18)14-7-4-10-17(19)12-14/h4,7,10,12-13H,2-3,5-6,8-9,11H2,1H3/t13-/m0/s1. The van der Waals surface area contributed by atoms with Crippen molar-refractivity contribution in [2.45, 2.75) is 39.0 Å². The van der Waals surface area contributed by atoms with Gasteiger partial charge in [-0.25, -0.2) is 0 Å². The summed E-state index contributed by atoms with van der Waals surface area (Å²) in [5.74, 6) is 0.741. The lowest BCUT2D eigenvalue weighted by Gasteiger charge is -2.20. The zero-order chi connectivity index (χ0) is 13.7. The van der Waals surface area contributed by atoms with Crippen molar-refractivity contribution in [3.63, 3.8) is 0 Å². The van der Waals surface area contributed by atoms with Gasteiger partial charge in [0.2, 0.25) is 0 Å². The van der Waals surface area contributed by atoms with Crippen LogP contribution in [0, 0.1) is 11.1 Å². The van der Waals surface area contributed by atoms with E-state index in [4.69, 9.17) is 0 Å². The van der Waals surface area contributed by atoms with Crippen LogP contribution in [0.1, 0.15) is 49.4 Å². The van der Waals surface area contributed by atoms with Gasteiger partial charge in [0, 0.05) is 19.2 Å². The van der Waals surface area contributed by atoms with E-state index < -0.39 is 0 Å². The van der Waals surface area contributed by atoms with Crippen LogP contribution in [-0.4, -0.2) is 23.9 Å². The number of pyridine rings is 1. The highest BCUT2D eigenvalue weighted by molar-refractivity contribution is 5.93. The van der Waals surface area contributed by atoms with E-state index in [0.29, 0.717) is 10.3 Å². The Bertz CT molecular complexity index is 434. The van der Waals surface area contributed by atoms with Crippen LogP contribution in [0.4, 0.5) is 0 Å². The Labute approximate surface area is 114 Å². The van der Waals surface area contributed by atoms with Crippen LogP contribution in [0.2, 0.25) is 0 Å². The van der Waals surface area contributed by atoms with E-state index in [9.17, 15) is 10.0 Å². The molecule has 1 aliphatic rings. The third-order valence-electron chi connectivity index (χ3n) is 3.85. The predicted octanol–water partition coefficient (Wildman–Crippen LogP) is 2.36. The maximum Gasteiger partial charge on any atom is 0.259 e. The second kappa shape index (κ2) is 6.55. The monoisotopic (exact) mass is 262 g/mol. The first kappa shape index (κ1) is 13.8. The maximum absolute atomic E-state index is 12.3. The Kier molecular flexibility index (Phi) is 4.77. The third kappa shape index (κ3) is 3.69. The summed E-state index contributed by atoms with van der Waals surface area (Å²) in [6.07, 6.45) is 8.60. The van der Waals surface area contributed by atoms with Crippen LogP contribution in [0.25, 0.3) is 0 Å². The number of carbonyl (C=O) groups excluding carboxylic acids is 1. The van der Waals surface area contributed by atoms with Gasteiger partial charge >= 0.3 is 0 Å². The lowest BCUT2D eigenvalue weighted by Crippen LogP contribution is -2.34. The summed E-state index contributed by atoms with van der Waals surface area (Å²) in [7, 11) is 0. The van der Waals surface area contributed by atoms with Gasteiger partial charge in [-0.1, -0.05) is 19.8 Å². The lowest BCUT2D eigenvalue weighted by molar-refractivity contribution is -0.605. The molecule has 4 nitrogen and oxygen atoms in total. The molecule has 0 aliphatic carbocycles. The predicted molar refractivity (Wildman–Crippen MR) is 73.6 cm³/mol. The highest BCUT2D eigenvalue weighted by Gasteiger charge is 2.22. The molecule has 0 aromatic carbocycles. The molecule has 1 saturated heterocycles. The third-order valence-corrected chi connectivity index (χ3v) is 3.85. The Hall–Kier alpha value is -1.58. The molecule has 2 heterocycles. The summed E-state index contributed by atoms with van der Waals surface area (Å²) in [4.78, 5) is 14.2. The van der Waals surface area contributed by atoms with Crippen molar-refractivity contribution in [1.82, 2.24) is 4.90 Å². The summed E-state index contributed by atoms with van der Waals surface area (Å²) in [6.45, 7) is 3.84. The molecule has 1 aromatic heterocycles. The van der Waals surface area contributed by atoms with Gasteiger partial charge in [-0.3, -0.25) is 4.79 Å². The Balaban J connectivity index is 2.00. The molecule has 0 bridgehead atoms. The van der Waals surface area contributed by atoms with Gasteiger partial charge < -0.3 is 10.1 Å². The summed E-state index contributed by atoms with van der Waals surface area (Å²) in [5.41, 5.74) is 0.492. The molecular weight excluding hydrogens is 240 g/mol. The second-order valence-electron chi connectivity index (χ2n) is 5.33. The molecule has 0 radical (unpaired) electrons. The van der Waals surface area contributed by atoms with E-state index in [1.807, 2.05) is 4.90 Å². The molecular formula is C15H22N2O2. The van der Waals surface area contributed by atoms with Crippen LogP contribution >= 0.6 is 0 Å². The molecule has 0 unspecified atom stereocenters. The van der Waals surface area contributed by atoms with Gasteiger partial charge in [0.05, 0.1) is 0 Å². The van der Waals surface area contributed by atoms with E-state index in [0.717, 1.165) is 31.8 Å². The van der Waals surface area contributed by atoms with Gasteiger partial charge in [-0.2, -0.15) is 4.73 Å². The first-order valence-corrected chi connectivity index (χ1v) is 7.19. The van der Waals surface area contributed by atoms with Gasteiger partial charge in [0.1, 0.15) is 5.56 Å². The molecule has 1 amide bonds. The van der Waals surface area contributed by atoms with Crippen molar-refractivity contribution >= 4 is 5.91 Å². The average Bonchev–Trinajstić information content (AvgIpc) is 2.64. The smallest absolute Gasteiger partial charge is 0.259 e. The maximum atomic E-state index is 12.3. The van der Waals surface area contributed by atoms with Gasteiger partial charge in [-0.15, -0.1) is 0 Å². The summed E-state index contributed by atoms with van der Waals surface area (Å²) >= 11 is 0. The highest BCUT2D eigenvalue weighted by atomic mass is 16.5. The van der Waals surface area contributed by atoms with Crippen LogP contribution < -0.4 is 4.73 Å². The van der Waals surface area contributed by atoms with Gasteiger partial charge in [0.15, 0.2) is 12.4 Å².